The van der Waals surface area contributed by atoms with Crippen LogP contribution in [0.1, 0.15) is 23.9 Å². The van der Waals surface area contributed by atoms with Crippen molar-refractivity contribution in [3.8, 4) is 5.75 Å². The molecule has 2 N–H and O–H groups in total. The van der Waals surface area contributed by atoms with E-state index in [1.165, 1.54) is 5.56 Å². The fourth-order valence-electron chi connectivity index (χ4n) is 2.09. The van der Waals surface area contributed by atoms with E-state index < -0.39 is 0 Å². The molecule has 0 bridgehead atoms. The van der Waals surface area contributed by atoms with Crippen molar-refractivity contribution in [2.75, 3.05) is 0 Å². The lowest BCUT2D eigenvalue weighted by atomic mass is 10.1. The molecule has 0 saturated carbocycles. The van der Waals surface area contributed by atoms with Gasteiger partial charge in [-0.05, 0) is 50.1 Å². The molecule has 106 valence electrons. The molecule has 2 rings (SSSR count). The van der Waals surface area contributed by atoms with Crippen molar-refractivity contribution >= 4 is 11.6 Å². The normalized spacial score (nSPS) is 12.3. The van der Waals surface area contributed by atoms with Crippen molar-refractivity contribution in [1.82, 2.24) is 10.3 Å². The highest BCUT2D eigenvalue weighted by atomic mass is 35.5. The van der Waals surface area contributed by atoms with Gasteiger partial charge in [0.2, 0.25) is 0 Å². The zero-order valence-corrected chi connectivity index (χ0v) is 12.5. The van der Waals surface area contributed by atoms with Gasteiger partial charge in [0.25, 0.3) is 0 Å². The number of pyridine rings is 1. The van der Waals surface area contributed by atoms with Gasteiger partial charge in [-0.3, -0.25) is 4.98 Å². The predicted molar refractivity (Wildman–Crippen MR) is 82.1 cm³/mol. The first-order chi connectivity index (χ1) is 9.54. The minimum atomic E-state index is 0.234. The maximum atomic E-state index is 9.75. The molecule has 1 atom stereocenters. The van der Waals surface area contributed by atoms with Crippen molar-refractivity contribution in [3.05, 3.63) is 58.4 Å². The van der Waals surface area contributed by atoms with Crippen LogP contribution in [0.25, 0.3) is 0 Å². The Kier molecular flexibility index (Phi) is 4.99. The Balaban J connectivity index is 1.92. The minimum Gasteiger partial charge on any atom is -0.506 e. The van der Waals surface area contributed by atoms with Crippen LogP contribution in [0.2, 0.25) is 5.02 Å². The number of hydrogen-bond donors (Lipinski definition) is 2. The highest BCUT2D eigenvalue weighted by molar-refractivity contribution is 6.30. The van der Waals surface area contributed by atoms with Crippen LogP contribution < -0.4 is 5.32 Å². The van der Waals surface area contributed by atoms with Crippen molar-refractivity contribution in [1.29, 1.82) is 0 Å². The van der Waals surface area contributed by atoms with E-state index in [0.717, 1.165) is 17.1 Å². The number of hydrogen-bond acceptors (Lipinski definition) is 3. The molecule has 3 nitrogen and oxygen atoms in total. The first kappa shape index (κ1) is 14.8. The lowest BCUT2D eigenvalue weighted by molar-refractivity contribution is 0.452. The van der Waals surface area contributed by atoms with Crippen LogP contribution in [0.5, 0.6) is 5.75 Å². The first-order valence-electron chi connectivity index (χ1n) is 6.68. The molecule has 1 aromatic carbocycles. The Bertz CT molecular complexity index is 586. The van der Waals surface area contributed by atoms with Crippen molar-refractivity contribution in [2.24, 2.45) is 0 Å². The van der Waals surface area contributed by atoms with Gasteiger partial charge in [-0.1, -0.05) is 23.7 Å². The monoisotopic (exact) mass is 290 g/mol. The van der Waals surface area contributed by atoms with E-state index in [2.05, 4.69) is 23.3 Å². The van der Waals surface area contributed by atoms with Crippen LogP contribution in [0.3, 0.4) is 0 Å². The minimum absolute atomic E-state index is 0.234. The summed E-state index contributed by atoms with van der Waals surface area (Å²) in [5, 5.41) is 13.9. The quantitative estimate of drug-likeness (QED) is 0.886. The molecule has 0 radical (unpaired) electrons. The molecule has 20 heavy (non-hydrogen) atoms. The summed E-state index contributed by atoms with van der Waals surface area (Å²) in [5.74, 6) is 0.234. The number of aryl methyl sites for hydroxylation is 1. The molecule has 0 saturated heterocycles. The summed E-state index contributed by atoms with van der Waals surface area (Å²) < 4.78 is 0. The van der Waals surface area contributed by atoms with Gasteiger partial charge in [0.15, 0.2) is 0 Å². The van der Waals surface area contributed by atoms with Crippen LogP contribution in [0.4, 0.5) is 0 Å². The third kappa shape index (κ3) is 4.22. The summed E-state index contributed by atoms with van der Waals surface area (Å²) in [4.78, 5) is 4.33. The number of nitrogens with one attached hydrogen (secondary N) is 1. The maximum Gasteiger partial charge on any atom is 0.138 e. The molecule has 0 aliphatic rings. The number of aromatic hydroxyl groups is 1. The first-order valence-corrected chi connectivity index (χ1v) is 7.05. The van der Waals surface area contributed by atoms with Gasteiger partial charge in [-0.25, -0.2) is 0 Å². The van der Waals surface area contributed by atoms with E-state index in [9.17, 15) is 5.11 Å². The van der Waals surface area contributed by atoms with Crippen molar-refractivity contribution in [3.63, 3.8) is 0 Å². The molecule has 0 fully saturated rings. The summed E-state index contributed by atoms with van der Waals surface area (Å²) in [6.07, 6.45) is 0.882. The lowest BCUT2D eigenvalue weighted by Gasteiger charge is -2.14. The molecule has 0 spiro atoms. The maximum absolute atomic E-state index is 9.75. The van der Waals surface area contributed by atoms with Gasteiger partial charge in [0.05, 0.1) is 5.69 Å². The van der Waals surface area contributed by atoms with Gasteiger partial charge in [0, 0.05) is 23.3 Å². The van der Waals surface area contributed by atoms with E-state index in [-0.39, 0.29) is 11.8 Å². The van der Waals surface area contributed by atoms with E-state index in [1.807, 2.05) is 25.1 Å². The van der Waals surface area contributed by atoms with Crippen molar-refractivity contribution < 1.29 is 5.11 Å². The van der Waals surface area contributed by atoms with Crippen molar-refractivity contribution in [2.45, 2.75) is 32.9 Å². The average molecular weight is 291 g/mol. The summed E-state index contributed by atoms with van der Waals surface area (Å²) in [7, 11) is 0. The molecule has 4 heteroatoms. The second kappa shape index (κ2) is 6.73. The molecule has 0 aliphatic carbocycles. The lowest BCUT2D eigenvalue weighted by Crippen LogP contribution is -2.28. The molecule has 2 aromatic rings. The van der Waals surface area contributed by atoms with E-state index >= 15 is 0 Å². The second-order valence-corrected chi connectivity index (χ2v) is 5.47. The van der Waals surface area contributed by atoms with Gasteiger partial charge in [0.1, 0.15) is 5.75 Å². The van der Waals surface area contributed by atoms with Gasteiger partial charge < -0.3 is 10.4 Å². The number of aromatic nitrogens is 1. The molecule has 0 amide bonds. The van der Waals surface area contributed by atoms with Gasteiger partial charge in [-0.15, -0.1) is 0 Å². The molecule has 1 heterocycles. The number of nitrogens with zero attached hydrogens (tertiary/aromatic N) is 1. The predicted octanol–water partition coefficient (Wildman–Crippen LogP) is 3.47. The van der Waals surface area contributed by atoms with E-state index in [0.29, 0.717) is 12.2 Å². The topological polar surface area (TPSA) is 45.1 Å². The summed E-state index contributed by atoms with van der Waals surface area (Å²) in [6.45, 7) is 4.57. The second-order valence-electron chi connectivity index (χ2n) is 5.03. The van der Waals surface area contributed by atoms with Crippen LogP contribution in [-0.2, 0) is 13.0 Å². The Labute approximate surface area is 124 Å². The molecule has 1 aromatic heterocycles. The van der Waals surface area contributed by atoms with Crippen LogP contribution in [-0.4, -0.2) is 16.1 Å². The molecule has 0 aliphatic heterocycles. The number of halogens is 1. The summed E-state index contributed by atoms with van der Waals surface area (Å²) >= 11 is 5.98. The van der Waals surface area contributed by atoms with Gasteiger partial charge >= 0.3 is 0 Å². The third-order valence-corrected chi connectivity index (χ3v) is 3.37. The van der Waals surface area contributed by atoms with Crippen LogP contribution >= 0.6 is 11.6 Å². The Morgan fingerprint density at radius 3 is 2.85 bits per heavy atom. The zero-order chi connectivity index (χ0) is 14.5. The largest absolute Gasteiger partial charge is 0.506 e. The fourth-order valence-corrected chi connectivity index (χ4v) is 2.31. The average Bonchev–Trinajstić information content (AvgIpc) is 2.40. The third-order valence-electron chi connectivity index (χ3n) is 3.14. The summed E-state index contributed by atoms with van der Waals surface area (Å²) in [6, 6.07) is 11.6. The number of benzene rings is 1. The van der Waals surface area contributed by atoms with E-state index in [1.54, 1.807) is 12.1 Å². The van der Waals surface area contributed by atoms with Gasteiger partial charge in [-0.2, -0.15) is 0 Å². The molecular weight excluding hydrogens is 272 g/mol. The Hall–Kier alpha value is -1.58. The molecular formula is C16H19ClN2O. The summed E-state index contributed by atoms with van der Waals surface area (Å²) in [5.41, 5.74) is 2.78. The highest BCUT2D eigenvalue weighted by Gasteiger charge is 2.07. The zero-order valence-electron chi connectivity index (χ0n) is 11.7. The van der Waals surface area contributed by atoms with E-state index in [4.69, 9.17) is 11.6 Å². The standard InChI is InChI=1S/C16H19ClN2O/c1-11-6-7-16(20)15(19-11)10-18-12(2)8-13-4-3-5-14(17)9-13/h3-7,9,12,18,20H,8,10H2,1-2H3. The Morgan fingerprint density at radius 1 is 1.30 bits per heavy atom. The SMILES string of the molecule is Cc1ccc(O)c(CNC(C)Cc2cccc(Cl)c2)n1. The van der Waals surface area contributed by atoms with Crippen LogP contribution in [0, 0.1) is 6.92 Å². The van der Waals surface area contributed by atoms with Crippen LogP contribution in [0.15, 0.2) is 36.4 Å². The fraction of sp³-hybridized carbons (Fsp3) is 0.312. The smallest absolute Gasteiger partial charge is 0.138 e. The molecule has 1 unspecified atom stereocenters. The highest BCUT2D eigenvalue weighted by Crippen LogP contribution is 2.15. The Morgan fingerprint density at radius 2 is 2.10 bits per heavy atom. The number of rotatable bonds is 5.